The third kappa shape index (κ3) is 0.944. The summed E-state index contributed by atoms with van der Waals surface area (Å²) in [6.07, 6.45) is 2.94. The zero-order chi connectivity index (χ0) is 8.18. The monoisotopic (exact) mass is 166 g/mol. The van der Waals surface area contributed by atoms with Crippen molar-refractivity contribution in [1.82, 2.24) is 10.2 Å². The molecule has 2 heteroatoms. The van der Waals surface area contributed by atoms with Gasteiger partial charge in [0, 0.05) is 25.7 Å². The van der Waals surface area contributed by atoms with Gasteiger partial charge < -0.3 is 5.32 Å². The first-order chi connectivity index (χ1) is 5.78. The van der Waals surface area contributed by atoms with Gasteiger partial charge in [-0.15, -0.1) is 0 Å². The molecule has 0 aromatic rings. The van der Waals surface area contributed by atoms with Gasteiger partial charge in [-0.25, -0.2) is 0 Å². The van der Waals surface area contributed by atoms with E-state index in [1.54, 1.807) is 0 Å². The van der Waals surface area contributed by atoms with E-state index in [1.165, 1.54) is 39.0 Å². The van der Waals surface area contributed by atoms with Crippen LogP contribution in [0.15, 0.2) is 0 Å². The highest BCUT2D eigenvalue weighted by Crippen LogP contribution is 2.42. The fraction of sp³-hybridized carbons (Fsp3) is 1.00. The van der Waals surface area contributed by atoms with Crippen molar-refractivity contribution in [3.05, 3.63) is 0 Å². The summed E-state index contributed by atoms with van der Waals surface area (Å²) < 4.78 is 0. The lowest BCUT2D eigenvalue weighted by Gasteiger charge is -2.22. The summed E-state index contributed by atoms with van der Waals surface area (Å²) in [6, 6.07) is 0.979. The fourth-order valence-electron chi connectivity index (χ4n) is 2.92. The maximum absolute atomic E-state index is 3.52. The van der Waals surface area contributed by atoms with Gasteiger partial charge in [0.05, 0.1) is 0 Å². The first-order valence-corrected chi connectivity index (χ1v) is 5.23. The van der Waals surface area contributed by atoms with Crippen LogP contribution in [0.5, 0.6) is 0 Å². The second-order valence-electron chi connectivity index (χ2n) is 5.14. The van der Waals surface area contributed by atoms with E-state index < -0.39 is 0 Å². The Kier molecular flexibility index (Phi) is 1.37. The Hall–Kier alpha value is -0.0800. The van der Waals surface area contributed by atoms with E-state index in [-0.39, 0.29) is 0 Å². The molecule has 3 aliphatic rings. The molecule has 2 atom stereocenters. The highest BCUT2D eigenvalue weighted by molar-refractivity contribution is 5.03. The van der Waals surface area contributed by atoms with Crippen LogP contribution in [-0.4, -0.2) is 37.1 Å². The summed E-state index contributed by atoms with van der Waals surface area (Å²) in [6.45, 7) is 7.70. The van der Waals surface area contributed by atoms with Gasteiger partial charge >= 0.3 is 0 Å². The molecule has 3 rings (SSSR count). The van der Waals surface area contributed by atoms with Crippen molar-refractivity contribution >= 4 is 0 Å². The van der Waals surface area contributed by atoms with E-state index in [2.05, 4.69) is 17.1 Å². The van der Waals surface area contributed by atoms with Gasteiger partial charge in [-0.2, -0.15) is 0 Å². The van der Waals surface area contributed by atoms with Crippen LogP contribution in [0.2, 0.25) is 0 Å². The van der Waals surface area contributed by atoms with Gasteiger partial charge in [0.25, 0.3) is 0 Å². The summed E-state index contributed by atoms with van der Waals surface area (Å²) in [7, 11) is 0. The molecule has 2 nitrogen and oxygen atoms in total. The lowest BCUT2D eigenvalue weighted by molar-refractivity contribution is 0.271. The fourth-order valence-corrected chi connectivity index (χ4v) is 2.92. The number of likely N-dealkylation sites (tertiary alicyclic amines) is 1. The van der Waals surface area contributed by atoms with E-state index in [0.29, 0.717) is 5.41 Å². The summed E-state index contributed by atoms with van der Waals surface area (Å²) in [5.41, 5.74) is 0.614. The van der Waals surface area contributed by atoms with E-state index >= 15 is 0 Å². The second-order valence-corrected chi connectivity index (χ2v) is 5.14. The van der Waals surface area contributed by atoms with Crippen molar-refractivity contribution in [2.45, 2.75) is 25.8 Å². The van der Waals surface area contributed by atoms with Gasteiger partial charge in [0.15, 0.2) is 0 Å². The minimum Gasteiger partial charge on any atom is -0.316 e. The summed E-state index contributed by atoms with van der Waals surface area (Å²) in [5, 5.41) is 3.52. The summed E-state index contributed by atoms with van der Waals surface area (Å²) in [4.78, 5) is 2.73. The smallest absolute Gasteiger partial charge is 0.00967 e. The highest BCUT2D eigenvalue weighted by atomic mass is 15.2. The average molecular weight is 166 g/mol. The summed E-state index contributed by atoms with van der Waals surface area (Å²) >= 11 is 0. The molecule has 0 unspecified atom stereocenters. The standard InChI is InChI=1S/C10H18N2/c1-10-6-11-4-8(10)5-12(7-10)9-2-3-9/h8-9,11H,2-7H2,1H3/t8-,10+/m1/s1. The molecule has 0 aromatic heterocycles. The van der Waals surface area contributed by atoms with Crippen LogP contribution in [0.3, 0.4) is 0 Å². The van der Waals surface area contributed by atoms with Crippen LogP contribution in [0, 0.1) is 11.3 Å². The first kappa shape index (κ1) is 7.34. The second kappa shape index (κ2) is 2.24. The van der Waals surface area contributed by atoms with E-state index in [9.17, 15) is 0 Å². The molecule has 3 fully saturated rings. The molecular weight excluding hydrogens is 148 g/mol. The predicted molar refractivity (Wildman–Crippen MR) is 49.1 cm³/mol. The van der Waals surface area contributed by atoms with Gasteiger partial charge in [0.2, 0.25) is 0 Å². The maximum atomic E-state index is 3.52. The molecule has 1 N–H and O–H groups in total. The summed E-state index contributed by atoms with van der Waals surface area (Å²) in [5.74, 6) is 0.943. The molecule has 0 aromatic carbocycles. The lowest BCUT2D eigenvalue weighted by atomic mass is 9.83. The van der Waals surface area contributed by atoms with E-state index in [4.69, 9.17) is 0 Å². The molecule has 1 saturated carbocycles. The average Bonchev–Trinajstić information content (AvgIpc) is 2.71. The largest absolute Gasteiger partial charge is 0.316 e. The molecule has 1 aliphatic carbocycles. The minimum atomic E-state index is 0.614. The molecule has 2 saturated heterocycles. The van der Waals surface area contributed by atoms with E-state index in [1.807, 2.05) is 0 Å². The van der Waals surface area contributed by atoms with Gasteiger partial charge in [-0.1, -0.05) is 6.92 Å². The van der Waals surface area contributed by atoms with Crippen LogP contribution >= 0.6 is 0 Å². The number of nitrogens with zero attached hydrogens (tertiary/aromatic N) is 1. The topological polar surface area (TPSA) is 15.3 Å². The quantitative estimate of drug-likeness (QED) is 0.616. The first-order valence-electron chi connectivity index (χ1n) is 5.23. The Morgan fingerprint density at radius 3 is 2.92 bits per heavy atom. The molecule has 2 aliphatic heterocycles. The van der Waals surface area contributed by atoms with Gasteiger partial charge in [-0.05, 0) is 30.7 Å². The number of hydrogen-bond acceptors (Lipinski definition) is 2. The Morgan fingerprint density at radius 2 is 2.25 bits per heavy atom. The Morgan fingerprint density at radius 1 is 1.42 bits per heavy atom. The highest BCUT2D eigenvalue weighted by Gasteiger charge is 2.49. The van der Waals surface area contributed by atoms with Gasteiger partial charge in [0.1, 0.15) is 0 Å². The van der Waals surface area contributed by atoms with Crippen LogP contribution in [0.4, 0.5) is 0 Å². The molecule has 68 valence electrons. The maximum Gasteiger partial charge on any atom is 0.00967 e. The zero-order valence-electron chi connectivity index (χ0n) is 7.84. The molecule has 0 bridgehead atoms. The Bertz CT molecular complexity index is 200. The van der Waals surface area contributed by atoms with Crippen molar-refractivity contribution in [3.8, 4) is 0 Å². The molecule has 12 heavy (non-hydrogen) atoms. The van der Waals surface area contributed by atoms with Crippen molar-refractivity contribution in [2.75, 3.05) is 26.2 Å². The van der Waals surface area contributed by atoms with Crippen molar-refractivity contribution < 1.29 is 0 Å². The predicted octanol–water partition coefficient (Wildman–Crippen LogP) is 0.690. The molecule has 0 spiro atoms. The van der Waals surface area contributed by atoms with Gasteiger partial charge in [-0.3, -0.25) is 4.90 Å². The minimum absolute atomic E-state index is 0.614. The molecule has 0 radical (unpaired) electrons. The number of hydrogen-bond donors (Lipinski definition) is 1. The van der Waals surface area contributed by atoms with Crippen LogP contribution < -0.4 is 5.32 Å². The SMILES string of the molecule is C[C@@]12CNC[C@@H]1CN(C1CC1)C2. The van der Waals surface area contributed by atoms with Crippen LogP contribution in [0.1, 0.15) is 19.8 Å². The van der Waals surface area contributed by atoms with E-state index in [0.717, 1.165) is 12.0 Å². The van der Waals surface area contributed by atoms with Crippen LogP contribution in [-0.2, 0) is 0 Å². The molecular formula is C10H18N2. The molecule has 0 amide bonds. The van der Waals surface area contributed by atoms with Crippen LogP contribution in [0.25, 0.3) is 0 Å². The third-order valence-electron chi connectivity index (χ3n) is 3.99. The van der Waals surface area contributed by atoms with Crippen molar-refractivity contribution in [2.24, 2.45) is 11.3 Å². The molecule has 2 heterocycles. The third-order valence-corrected chi connectivity index (χ3v) is 3.99. The normalized spacial score (nSPS) is 48.2. The Labute approximate surface area is 74.3 Å². The number of fused-ring (bicyclic) bond motifs is 1. The zero-order valence-corrected chi connectivity index (χ0v) is 7.84. The number of rotatable bonds is 1. The lowest BCUT2D eigenvalue weighted by Crippen LogP contribution is -2.31. The number of nitrogens with one attached hydrogen (secondary N) is 1. The Balaban J connectivity index is 1.75. The van der Waals surface area contributed by atoms with Crippen molar-refractivity contribution in [1.29, 1.82) is 0 Å². The van der Waals surface area contributed by atoms with Crippen molar-refractivity contribution in [3.63, 3.8) is 0 Å².